The van der Waals surface area contributed by atoms with Crippen LogP contribution in [0.2, 0.25) is 0 Å². The second kappa shape index (κ2) is 3.24. The Kier molecular flexibility index (Phi) is 2.65. The molecule has 1 fully saturated rings. The second-order valence-electron chi connectivity index (χ2n) is 4.98. The topological polar surface area (TPSA) is 0 Å². The summed E-state index contributed by atoms with van der Waals surface area (Å²) in [6, 6.07) is 0. The lowest BCUT2D eigenvalue weighted by Crippen LogP contribution is -2.34. The van der Waals surface area contributed by atoms with E-state index in [0.29, 0.717) is 5.41 Å². The summed E-state index contributed by atoms with van der Waals surface area (Å²) in [5.74, 6) is 1.68. The lowest BCUT2D eigenvalue weighted by atomic mass is 9.62. The summed E-state index contributed by atoms with van der Waals surface area (Å²) in [6.45, 7) is 11.8. The van der Waals surface area contributed by atoms with Gasteiger partial charge in [-0.2, -0.15) is 0 Å². The molecule has 0 amide bonds. The molecule has 0 N–H and O–H groups in total. The molecule has 0 aromatic heterocycles. The van der Waals surface area contributed by atoms with Gasteiger partial charge in [0.15, 0.2) is 0 Å². The van der Waals surface area contributed by atoms with Crippen molar-refractivity contribution >= 4 is 0 Å². The van der Waals surface area contributed by atoms with Gasteiger partial charge in [0.25, 0.3) is 0 Å². The Labute approximate surface area is 77.1 Å². The lowest BCUT2D eigenvalue weighted by molar-refractivity contribution is 0.110. The first-order valence-corrected chi connectivity index (χ1v) is 5.12. The molecule has 0 unspecified atom stereocenters. The van der Waals surface area contributed by atoms with Crippen molar-refractivity contribution < 1.29 is 0 Å². The van der Waals surface area contributed by atoms with Crippen molar-refractivity contribution in [2.75, 3.05) is 0 Å². The first-order valence-electron chi connectivity index (χ1n) is 5.12. The summed E-state index contributed by atoms with van der Waals surface area (Å²) >= 11 is 0. The van der Waals surface area contributed by atoms with Crippen molar-refractivity contribution in [1.29, 1.82) is 0 Å². The van der Waals surface area contributed by atoms with Gasteiger partial charge in [-0.3, -0.25) is 0 Å². The average molecular weight is 166 g/mol. The normalized spacial score (nSPS) is 34.9. The molecule has 1 aliphatic rings. The fourth-order valence-electron chi connectivity index (χ4n) is 2.12. The highest BCUT2D eigenvalue weighted by Gasteiger charge is 2.36. The standard InChI is InChI=1S/C12H22/c1-6-11-7-9(2)12(4,5)10(3)8-11/h6,9-10H,7-8H2,1-5H3/t9-,10-/m1/s1. The smallest absolute Gasteiger partial charge is 0.0289 e. The molecule has 0 heteroatoms. The van der Waals surface area contributed by atoms with Crippen LogP contribution < -0.4 is 0 Å². The number of allylic oxidation sites excluding steroid dienone is 2. The summed E-state index contributed by atoms with van der Waals surface area (Å²) in [5.41, 5.74) is 2.20. The van der Waals surface area contributed by atoms with Gasteiger partial charge in [0, 0.05) is 0 Å². The van der Waals surface area contributed by atoms with E-state index in [1.807, 2.05) is 0 Å². The molecule has 0 bridgehead atoms. The molecule has 0 saturated heterocycles. The maximum Gasteiger partial charge on any atom is -0.0289 e. The zero-order valence-electron chi connectivity index (χ0n) is 9.15. The second-order valence-corrected chi connectivity index (χ2v) is 4.98. The largest absolute Gasteiger partial charge is 0.0884 e. The van der Waals surface area contributed by atoms with Crippen molar-refractivity contribution in [3.8, 4) is 0 Å². The van der Waals surface area contributed by atoms with Crippen LogP contribution in [-0.2, 0) is 0 Å². The predicted molar refractivity (Wildman–Crippen MR) is 55.1 cm³/mol. The molecule has 70 valence electrons. The first kappa shape index (κ1) is 9.83. The molecule has 0 nitrogen and oxygen atoms in total. The van der Waals surface area contributed by atoms with Crippen molar-refractivity contribution in [3.05, 3.63) is 11.6 Å². The van der Waals surface area contributed by atoms with E-state index >= 15 is 0 Å². The molecule has 2 atom stereocenters. The molecule has 0 heterocycles. The van der Waals surface area contributed by atoms with Crippen molar-refractivity contribution in [2.45, 2.75) is 47.5 Å². The Morgan fingerprint density at radius 1 is 1.17 bits per heavy atom. The van der Waals surface area contributed by atoms with Crippen LogP contribution in [0.1, 0.15) is 47.5 Å². The summed E-state index contributed by atoms with van der Waals surface area (Å²) in [7, 11) is 0. The van der Waals surface area contributed by atoms with Crippen molar-refractivity contribution in [2.24, 2.45) is 17.3 Å². The predicted octanol–water partition coefficient (Wildman–Crippen LogP) is 4.02. The summed E-state index contributed by atoms with van der Waals surface area (Å²) in [4.78, 5) is 0. The number of hydrogen-bond acceptors (Lipinski definition) is 0. The lowest BCUT2D eigenvalue weighted by Gasteiger charge is -2.43. The maximum absolute atomic E-state index is 2.41. The number of hydrogen-bond donors (Lipinski definition) is 0. The minimum Gasteiger partial charge on any atom is -0.0884 e. The van der Waals surface area contributed by atoms with Crippen molar-refractivity contribution in [3.63, 3.8) is 0 Å². The molecular weight excluding hydrogens is 144 g/mol. The number of rotatable bonds is 0. The molecule has 0 radical (unpaired) electrons. The van der Waals surface area contributed by atoms with E-state index in [4.69, 9.17) is 0 Å². The fourth-order valence-corrected chi connectivity index (χ4v) is 2.12. The fraction of sp³-hybridized carbons (Fsp3) is 0.833. The summed E-state index contributed by atoms with van der Waals surface area (Å²) in [5, 5.41) is 0. The van der Waals surface area contributed by atoms with Gasteiger partial charge in [-0.15, -0.1) is 0 Å². The quantitative estimate of drug-likeness (QED) is 0.477. The SMILES string of the molecule is CC=C1C[C@@H](C)C(C)(C)[C@H](C)C1. The summed E-state index contributed by atoms with van der Waals surface area (Å²) < 4.78 is 0. The Bertz CT molecular complexity index is 170. The van der Waals surface area contributed by atoms with E-state index in [-0.39, 0.29) is 0 Å². The van der Waals surface area contributed by atoms with Gasteiger partial charge in [-0.05, 0) is 37.0 Å². The van der Waals surface area contributed by atoms with Gasteiger partial charge < -0.3 is 0 Å². The van der Waals surface area contributed by atoms with Gasteiger partial charge >= 0.3 is 0 Å². The van der Waals surface area contributed by atoms with Crippen LogP contribution in [0.5, 0.6) is 0 Å². The van der Waals surface area contributed by atoms with Gasteiger partial charge in [-0.25, -0.2) is 0 Å². The van der Waals surface area contributed by atoms with Gasteiger partial charge in [0.2, 0.25) is 0 Å². The van der Waals surface area contributed by atoms with Crippen LogP contribution in [0.15, 0.2) is 11.6 Å². The highest BCUT2D eigenvalue weighted by atomic mass is 14.4. The van der Waals surface area contributed by atoms with Gasteiger partial charge in [-0.1, -0.05) is 39.3 Å². The molecule has 0 aromatic rings. The Morgan fingerprint density at radius 3 is 1.92 bits per heavy atom. The third-order valence-electron chi connectivity index (χ3n) is 4.09. The van der Waals surface area contributed by atoms with E-state index in [0.717, 1.165) is 11.8 Å². The molecule has 0 spiro atoms. The van der Waals surface area contributed by atoms with E-state index in [1.54, 1.807) is 5.57 Å². The van der Waals surface area contributed by atoms with Crippen molar-refractivity contribution in [1.82, 2.24) is 0 Å². The van der Waals surface area contributed by atoms with Gasteiger partial charge in [0.05, 0.1) is 0 Å². The van der Waals surface area contributed by atoms with Crippen LogP contribution >= 0.6 is 0 Å². The zero-order valence-corrected chi connectivity index (χ0v) is 9.15. The monoisotopic (exact) mass is 166 g/mol. The van der Waals surface area contributed by atoms with Gasteiger partial charge in [0.1, 0.15) is 0 Å². The first-order chi connectivity index (χ1) is 5.48. The highest BCUT2D eigenvalue weighted by molar-refractivity contribution is 5.09. The molecule has 0 aliphatic heterocycles. The molecule has 1 saturated carbocycles. The molecule has 12 heavy (non-hydrogen) atoms. The Hall–Kier alpha value is -0.260. The highest BCUT2D eigenvalue weighted by Crippen LogP contribution is 2.46. The minimum atomic E-state index is 0.534. The van der Waals surface area contributed by atoms with E-state index < -0.39 is 0 Å². The minimum absolute atomic E-state index is 0.534. The molecule has 1 aliphatic carbocycles. The summed E-state index contributed by atoms with van der Waals surface area (Å²) in [6.07, 6.45) is 4.93. The molecular formula is C12H22. The third-order valence-corrected chi connectivity index (χ3v) is 4.09. The van der Waals surface area contributed by atoms with Crippen LogP contribution in [0.25, 0.3) is 0 Å². The van der Waals surface area contributed by atoms with E-state index in [9.17, 15) is 0 Å². The van der Waals surface area contributed by atoms with Crippen LogP contribution in [0, 0.1) is 17.3 Å². The zero-order chi connectivity index (χ0) is 9.35. The maximum atomic E-state index is 2.41. The van der Waals surface area contributed by atoms with Crippen LogP contribution in [0.3, 0.4) is 0 Å². The molecule has 0 aromatic carbocycles. The van der Waals surface area contributed by atoms with E-state index in [1.165, 1.54) is 12.8 Å². The average Bonchev–Trinajstić information content (AvgIpc) is 2.00. The Morgan fingerprint density at radius 2 is 1.58 bits per heavy atom. The van der Waals surface area contributed by atoms with E-state index in [2.05, 4.69) is 40.7 Å². The van der Waals surface area contributed by atoms with Crippen LogP contribution in [-0.4, -0.2) is 0 Å². The molecule has 1 rings (SSSR count). The Balaban J connectivity index is 2.77. The third kappa shape index (κ3) is 1.57. The van der Waals surface area contributed by atoms with Crippen LogP contribution in [0.4, 0.5) is 0 Å².